The van der Waals surface area contributed by atoms with E-state index in [-0.39, 0.29) is 30.0 Å². The first-order chi connectivity index (χ1) is 9.40. The Hall–Kier alpha value is -1.98. The molecule has 1 unspecified atom stereocenters. The molecular formula is C14H14F2N2O2. The first-order valence-electron chi connectivity index (χ1n) is 6.49. The topological polar surface area (TPSA) is 49.4 Å². The van der Waals surface area contributed by atoms with Gasteiger partial charge in [0.1, 0.15) is 23.7 Å². The lowest BCUT2D eigenvalue weighted by atomic mass is 9.91. The van der Waals surface area contributed by atoms with Crippen molar-refractivity contribution >= 4 is 17.5 Å². The van der Waals surface area contributed by atoms with E-state index in [1.165, 1.54) is 0 Å². The van der Waals surface area contributed by atoms with E-state index in [2.05, 4.69) is 5.32 Å². The fourth-order valence-electron chi connectivity index (χ4n) is 2.72. The quantitative estimate of drug-likeness (QED) is 0.894. The van der Waals surface area contributed by atoms with Crippen LogP contribution >= 0.6 is 0 Å². The number of piperazine rings is 1. The normalized spacial score (nSPS) is 26.6. The molecule has 6 heteroatoms. The van der Waals surface area contributed by atoms with Crippen LogP contribution in [0.5, 0.6) is 0 Å². The Balaban J connectivity index is 1.99. The Morgan fingerprint density at radius 3 is 2.35 bits per heavy atom. The maximum Gasteiger partial charge on any atom is 0.253 e. The van der Waals surface area contributed by atoms with E-state index in [0.717, 1.165) is 35.9 Å². The summed E-state index contributed by atoms with van der Waals surface area (Å²) in [5, 5.41) is 2.72. The summed E-state index contributed by atoms with van der Waals surface area (Å²) >= 11 is 0. The van der Waals surface area contributed by atoms with Crippen LogP contribution in [0.2, 0.25) is 0 Å². The van der Waals surface area contributed by atoms with Crippen molar-refractivity contribution < 1.29 is 18.4 Å². The minimum atomic E-state index is -0.974. The number of nitrogens with zero attached hydrogens (tertiary/aromatic N) is 1. The molecule has 1 aliphatic carbocycles. The molecule has 0 spiro atoms. The predicted octanol–water partition coefficient (Wildman–Crippen LogP) is 1.60. The van der Waals surface area contributed by atoms with Gasteiger partial charge in [-0.2, -0.15) is 0 Å². The van der Waals surface area contributed by atoms with Gasteiger partial charge < -0.3 is 10.2 Å². The van der Waals surface area contributed by atoms with Gasteiger partial charge in [0, 0.05) is 6.07 Å². The van der Waals surface area contributed by atoms with Gasteiger partial charge in [0.25, 0.3) is 5.91 Å². The van der Waals surface area contributed by atoms with Gasteiger partial charge in [0.15, 0.2) is 0 Å². The van der Waals surface area contributed by atoms with Crippen molar-refractivity contribution in [2.75, 3.05) is 11.4 Å². The maximum atomic E-state index is 13.3. The van der Waals surface area contributed by atoms with Crippen LogP contribution in [0.15, 0.2) is 18.2 Å². The summed E-state index contributed by atoms with van der Waals surface area (Å²) in [6, 6.07) is 2.86. The van der Waals surface area contributed by atoms with Crippen LogP contribution in [0.1, 0.15) is 19.8 Å². The van der Waals surface area contributed by atoms with E-state index in [4.69, 9.17) is 0 Å². The molecule has 1 atom stereocenters. The standard InChI is InChI=1S/C14H14F2N2O2/c1-14(8-2-3-8)13(20)18(7-12(19)17-14)11-5-9(15)4-10(16)6-11/h4-6,8H,2-3,7H2,1H3,(H,17,19). The largest absolute Gasteiger partial charge is 0.340 e. The van der Waals surface area contributed by atoms with Crippen LogP contribution in [0.25, 0.3) is 0 Å². The molecule has 3 rings (SSSR count). The van der Waals surface area contributed by atoms with Crippen molar-refractivity contribution in [2.24, 2.45) is 5.92 Å². The summed E-state index contributed by atoms with van der Waals surface area (Å²) in [4.78, 5) is 25.5. The van der Waals surface area contributed by atoms with Crippen molar-refractivity contribution in [3.05, 3.63) is 29.8 Å². The third-order valence-electron chi connectivity index (χ3n) is 3.94. The molecule has 1 aliphatic heterocycles. The SMILES string of the molecule is CC1(C2CC2)NC(=O)CN(c2cc(F)cc(F)c2)C1=O. The van der Waals surface area contributed by atoms with E-state index in [1.807, 2.05) is 0 Å². The van der Waals surface area contributed by atoms with Gasteiger partial charge >= 0.3 is 0 Å². The molecule has 0 bridgehead atoms. The highest BCUT2D eigenvalue weighted by atomic mass is 19.1. The molecule has 1 N–H and O–H groups in total. The highest BCUT2D eigenvalue weighted by molar-refractivity contribution is 6.09. The summed E-state index contributed by atoms with van der Waals surface area (Å²) < 4.78 is 26.6. The molecule has 1 heterocycles. The Morgan fingerprint density at radius 1 is 1.20 bits per heavy atom. The molecule has 1 aromatic rings. The molecule has 2 fully saturated rings. The van der Waals surface area contributed by atoms with Gasteiger partial charge in [0.2, 0.25) is 5.91 Å². The zero-order chi connectivity index (χ0) is 14.5. The van der Waals surface area contributed by atoms with E-state index in [9.17, 15) is 18.4 Å². The Labute approximate surface area is 114 Å². The second-order valence-electron chi connectivity index (χ2n) is 5.54. The zero-order valence-corrected chi connectivity index (χ0v) is 11.0. The summed E-state index contributed by atoms with van der Waals surface area (Å²) in [5.74, 6) is -2.08. The lowest BCUT2D eigenvalue weighted by molar-refractivity contribution is -0.136. The van der Waals surface area contributed by atoms with Crippen LogP contribution in [-0.2, 0) is 9.59 Å². The summed E-state index contributed by atoms with van der Waals surface area (Å²) in [7, 11) is 0. The average Bonchev–Trinajstić information content (AvgIpc) is 3.16. The number of hydrogen-bond donors (Lipinski definition) is 1. The molecular weight excluding hydrogens is 266 g/mol. The first-order valence-corrected chi connectivity index (χ1v) is 6.49. The van der Waals surface area contributed by atoms with E-state index < -0.39 is 17.2 Å². The highest BCUT2D eigenvalue weighted by Crippen LogP contribution is 2.42. The third kappa shape index (κ3) is 2.05. The van der Waals surface area contributed by atoms with Crippen molar-refractivity contribution in [3.63, 3.8) is 0 Å². The van der Waals surface area contributed by atoms with Gasteiger partial charge in [-0.3, -0.25) is 9.59 Å². The van der Waals surface area contributed by atoms with Crippen molar-refractivity contribution in [1.29, 1.82) is 0 Å². The van der Waals surface area contributed by atoms with Crippen molar-refractivity contribution in [3.8, 4) is 0 Å². The van der Waals surface area contributed by atoms with E-state index in [0.29, 0.717) is 0 Å². The van der Waals surface area contributed by atoms with Gasteiger partial charge in [0.05, 0.1) is 5.69 Å². The number of anilines is 1. The molecule has 0 aromatic heterocycles. The predicted molar refractivity (Wildman–Crippen MR) is 68.0 cm³/mol. The summed E-state index contributed by atoms with van der Waals surface area (Å²) in [5.41, 5.74) is -0.896. The smallest absolute Gasteiger partial charge is 0.253 e. The minimum Gasteiger partial charge on any atom is -0.340 e. The fraction of sp³-hybridized carbons (Fsp3) is 0.429. The van der Waals surface area contributed by atoms with Gasteiger partial charge in [-0.25, -0.2) is 8.78 Å². The van der Waals surface area contributed by atoms with E-state index in [1.54, 1.807) is 6.92 Å². The van der Waals surface area contributed by atoms with Gasteiger partial charge in [-0.1, -0.05) is 0 Å². The summed E-state index contributed by atoms with van der Waals surface area (Å²) in [6.45, 7) is 1.46. The molecule has 1 saturated carbocycles. The Morgan fingerprint density at radius 2 is 1.80 bits per heavy atom. The zero-order valence-electron chi connectivity index (χ0n) is 11.0. The number of amides is 2. The van der Waals surface area contributed by atoms with Crippen molar-refractivity contribution in [2.45, 2.75) is 25.3 Å². The van der Waals surface area contributed by atoms with Crippen LogP contribution in [0.3, 0.4) is 0 Å². The molecule has 106 valence electrons. The number of carbonyl (C=O) groups excluding carboxylic acids is 2. The second kappa shape index (κ2) is 4.26. The molecule has 1 aromatic carbocycles. The molecule has 2 amide bonds. The monoisotopic (exact) mass is 280 g/mol. The Kier molecular flexibility index (Phi) is 2.77. The van der Waals surface area contributed by atoms with E-state index >= 15 is 0 Å². The van der Waals surface area contributed by atoms with Crippen LogP contribution < -0.4 is 10.2 Å². The minimum absolute atomic E-state index is 0.0780. The lowest BCUT2D eigenvalue weighted by Gasteiger charge is -2.40. The van der Waals surface area contributed by atoms with Crippen molar-refractivity contribution in [1.82, 2.24) is 5.32 Å². The van der Waals surface area contributed by atoms with Crippen LogP contribution in [0.4, 0.5) is 14.5 Å². The second-order valence-corrected chi connectivity index (χ2v) is 5.54. The van der Waals surface area contributed by atoms with Crippen LogP contribution in [0, 0.1) is 17.6 Å². The number of hydrogen-bond acceptors (Lipinski definition) is 2. The number of benzene rings is 1. The number of halogens is 2. The number of nitrogens with one attached hydrogen (secondary N) is 1. The Bertz CT molecular complexity index is 581. The average molecular weight is 280 g/mol. The molecule has 2 aliphatic rings. The molecule has 20 heavy (non-hydrogen) atoms. The lowest BCUT2D eigenvalue weighted by Crippen LogP contribution is -2.66. The van der Waals surface area contributed by atoms with Gasteiger partial charge in [-0.05, 0) is 37.8 Å². The highest BCUT2D eigenvalue weighted by Gasteiger charge is 2.52. The van der Waals surface area contributed by atoms with Crippen LogP contribution in [-0.4, -0.2) is 23.9 Å². The van der Waals surface area contributed by atoms with Gasteiger partial charge in [-0.15, -0.1) is 0 Å². The number of carbonyl (C=O) groups is 2. The fourth-order valence-corrected chi connectivity index (χ4v) is 2.72. The molecule has 4 nitrogen and oxygen atoms in total. The third-order valence-corrected chi connectivity index (χ3v) is 3.94. The number of rotatable bonds is 2. The first kappa shape index (κ1) is 13.0. The molecule has 0 radical (unpaired) electrons. The summed E-state index contributed by atoms with van der Waals surface area (Å²) in [6.07, 6.45) is 1.74. The maximum absolute atomic E-state index is 13.3. The molecule has 1 saturated heterocycles.